The number of ether oxygens (including phenoxy) is 2. The van der Waals surface area contributed by atoms with E-state index in [2.05, 4.69) is 10.1 Å². The average molecular weight is 334 g/mol. The van der Waals surface area contributed by atoms with Crippen LogP contribution in [0.2, 0.25) is 4.34 Å². The fourth-order valence-corrected chi connectivity index (χ4v) is 2.80. The Hall–Kier alpha value is -1.53. The lowest BCUT2D eigenvalue weighted by molar-refractivity contribution is -0.0494. The number of alkyl halides is 2. The van der Waals surface area contributed by atoms with Crippen LogP contribution < -0.4 is 14.8 Å². The minimum absolute atomic E-state index is 0.0685. The van der Waals surface area contributed by atoms with E-state index in [1.807, 2.05) is 18.4 Å². The molecule has 7 heteroatoms. The molecule has 114 valence electrons. The third-order valence-electron chi connectivity index (χ3n) is 2.86. The highest BCUT2D eigenvalue weighted by molar-refractivity contribution is 7.14. The number of nitrogens with one attached hydrogen (secondary N) is 1. The van der Waals surface area contributed by atoms with E-state index >= 15 is 0 Å². The Labute approximate surface area is 130 Å². The summed E-state index contributed by atoms with van der Waals surface area (Å²) >= 11 is 7.32. The molecular formula is C14H14ClF2NO2S. The molecule has 2 rings (SSSR count). The normalized spacial score (nSPS) is 12.3. The fourth-order valence-electron chi connectivity index (χ4n) is 1.81. The summed E-state index contributed by atoms with van der Waals surface area (Å²) in [6.45, 7) is -0.978. The van der Waals surface area contributed by atoms with Crippen molar-refractivity contribution in [2.24, 2.45) is 0 Å². The van der Waals surface area contributed by atoms with E-state index in [9.17, 15) is 8.78 Å². The Morgan fingerprint density at radius 1 is 1.29 bits per heavy atom. The molecule has 0 amide bonds. The van der Waals surface area contributed by atoms with Gasteiger partial charge < -0.3 is 14.8 Å². The number of rotatable bonds is 6. The summed E-state index contributed by atoms with van der Waals surface area (Å²) in [5, 5.41) is 5.04. The Morgan fingerprint density at radius 2 is 2.05 bits per heavy atom. The number of benzene rings is 1. The van der Waals surface area contributed by atoms with Crippen molar-refractivity contribution >= 4 is 28.6 Å². The molecule has 1 unspecified atom stereocenters. The van der Waals surface area contributed by atoms with Gasteiger partial charge in [0.15, 0.2) is 0 Å². The molecule has 0 aliphatic rings. The van der Waals surface area contributed by atoms with Crippen LogP contribution in [0.25, 0.3) is 0 Å². The van der Waals surface area contributed by atoms with Gasteiger partial charge >= 0.3 is 6.61 Å². The molecule has 0 radical (unpaired) electrons. The van der Waals surface area contributed by atoms with Crippen molar-refractivity contribution in [3.05, 3.63) is 39.5 Å². The molecule has 1 atom stereocenters. The number of halogens is 3. The summed E-state index contributed by atoms with van der Waals surface area (Å²) in [7, 11) is 1.51. The Morgan fingerprint density at radius 3 is 2.62 bits per heavy atom. The monoisotopic (exact) mass is 333 g/mol. The molecule has 0 aliphatic heterocycles. The van der Waals surface area contributed by atoms with Gasteiger partial charge in [-0.3, -0.25) is 0 Å². The third-order valence-corrected chi connectivity index (χ3v) is 3.97. The van der Waals surface area contributed by atoms with Crippen molar-refractivity contribution in [1.29, 1.82) is 0 Å². The first-order chi connectivity index (χ1) is 9.99. The van der Waals surface area contributed by atoms with Gasteiger partial charge in [0.1, 0.15) is 11.5 Å². The van der Waals surface area contributed by atoms with Crippen LogP contribution in [-0.4, -0.2) is 13.7 Å². The van der Waals surface area contributed by atoms with E-state index in [0.717, 1.165) is 5.56 Å². The second-order valence-electron chi connectivity index (χ2n) is 4.29. The van der Waals surface area contributed by atoms with Gasteiger partial charge in [0.25, 0.3) is 0 Å². The molecule has 1 heterocycles. The van der Waals surface area contributed by atoms with E-state index in [1.165, 1.54) is 24.5 Å². The lowest BCUT2D eigenvalue weighted by Crippen LogP contribution is -2.09. The SMILES string of the molecule is COc1ccc(OC(F)F)c(NC(C)c2csc(Cl)c2)c1. The summed E-state index contributed by atoms with van der Waals surface area (Å²) < 4.78 is 35.2. The quantitative estimate of drug-likeness (QED) is 0.789. The van der Waals surface area contributed by atoms with Gasteiger partial charge in [-0.15, -0.1) is 11.3 Å². The molecule has 21 heavy (non-hydrogen) atoms. The molecule has 0 aliphatic carbocycles. The maximum Gasteiger partial charge on any atom is 0.387 e. The predicted molar refractivity (Wildman–Crippen MR) is 81.0 cm³/mol. The average Bonchev–Trinajstić information content (AvgIpc) is 2.87. The Bertz CT molecular complexity index is 606. The lowest BCUT2D eigenvalue weighted by Gasteiger charge is -2.18. The molecule has 0 saturated heterocycles. The van der Waals surface area contributed by atoms with E-state index in [1.54, 1.807) is 12.1 Å². The van der Waals surface area contributed by atoms with E-state index in [-0.39, 0.29) is 11.8 Å². The van der Waals surface area contributed by atoms with Gasteiger partial charge in [0.05, 0.1) is 17.1 Å². The lowest BCUT2D eigenvalue weighted by atomic mass is 10.1. The smallest absolute Gasteiger partial charge is 0.387 e. The first-order valence-electron chi connectivity index (χ1n) is 6.13. The maximum atomic E-state index is 12.4. The summed E-state index contributed by atoms with van der Waals surface area (Å²) in [5.41, 5.74) is 1.40. The minimum Gasteiger partial charge on any atom is -0.497 e. The van der Waals surface area contributed by atoms with Gasteiger partial charge in [-0.05, 0) is 36.1 Å². The zero-order chi connectivity index (χ0) is 15.4. The highest BCUT2D eigenvalue weighted by Gasteiger charge is 2.14. The van der Waals surface area contributed by atoms with Crippen LogP contribution in [0.3, 0.4) is 0 Å². The Kier molecular flexibility index (Phi) is 5.25. The zero-order valence-electron chi connectivity index (χ0n) is 11.4. The molecule has 0 fully saturated rings. The second-order valence-corrected chi connectivity index (χ2v) is 5.83. The number of hydrogen-bond donors (Lipinski definition) is 1. The molecule has 0 saturated carbocycles. The van der Waals surface area contributed by atoms with Gasteiger partial charge in [-0.25, -0.2) is 0 Å². The summed E-state index contributed by atoms with van der Waals surface area (Å²) in [6, 6.07) is 6.34. The van der Waals surface area contributed by atoms with Crippen molar-refractivity contribution in [1.82, 2.24) is 0 Å². The summed E-state index contributed by atoms with van der Waals surface area (Å²) in [5.74, 6) is 0.619. The number of methoxy groups -OCH3 is 1. The highest BCUT2D eigenvalue weighted by atomic mass is 35.5. The molecule has 1 aromatic heterocycles. The number of hydrogen-bond acceptors (Lipinski definition) is 4. The van der Waals surface area contributed by atoms with Crippen molar-refractivity contribution in [2.75, 3.05) is 12.4 Å². The van der Waals surface area contributed by atoms with E-state index in [0.29, 0.717) is 15.8 Å². The number of thiophene rings is 1. The maximum absolute atomic E-state index is 12.4. The molecule has 2 aromatic rings. The van der Waals surface area contributed by atoms with Crippen LogP contribution >= 0.6 is 22.9 Å². The van der Waals surface area contributed by atoms with Crippen LogP contribution in [0.1, 0.15) is 18.5 Å². The van der Waals surface area contributed by atoms with E-state index < -0.39 is 6.61 Å². The van der Waals surface area contributed by atoms with Gasteiger partial charge in [0, 0.05) is 12.1 Å². The number of anilines is 1. The summed E-state index contributed by atoms with van der Waals surface area (Å²) in [4.78, 5) is 0. The molecule has 0 spiro atoms. The zero-order valence-corrected chi connectivity index (χ0v) is 13.0. The van der Waals surface area contributed by atoms with Gasteiger partial charge in [-0.1, -0.05) is 11.6 Å². The van der Waals surface area contributed by atoms with Gasteiger partial charge in [-0.2, -0.15) is 8.78 Å². The van der Waals surface area contributed by atoms with Crippen molar-refractivity contribution < 1.29 is 18.3 Å². The second kappa shape index (κ2) is 6.95. The first kappa shape index (κ1) is 15.9. The van der Waals surface area contributed by atoms with Gasteiger partial charge in [0.2, 0.25) is 0 Å². The van der Waals surface area contributed by atoms with Crippen LogP contribution in [0.4, 0.5) is 14.5 Å². The summed E-state index contributed by atoms with van der Waals surface area (Å²) in [6.07, 6.45) is 0. The fraction of sp³-hybridized carbons (Fsp3) is 0.286. The standard InChI is InChI=1S/C14H14ClF2NO2S/c1-8(9-5-13(15)21-7-9)18-11-6-10(19-2)3-4-12(11)20-14(16)17/h3-8,14,18H,1-2H3. The van der Waals surface area contributed by atoms with Crippen molar-refractivity contribution in [2.45, 2.75) is 19.6 Å². The highest BCUT2D eigenvalue weighted by Crippen LogP contribution is 2.34. The van der Waals surface area contributed by atoms with Crippen LogP contribution in [0.15, 0.2) is 29.6 Å². The van der Waals surface area contributed by atoms with Crippen LogP contribution in [0.5, 0.6) is 11.5 Å². The van der Waals surface area contributed by atoms with Crippen LogP contribution in [0, 0.1) is 0 Å². The van der Waals surface area contributed by atoms with Crippen molar-refractivity contribution in [3.8, 4) is 11.5 Å². The first-order valence-corrected chi connectivity index (χ1v) is 7.38. The Balaban J connectivity index is 2.23. The molecule has 1 N–H and O–H groups in total. The van der Waals surface area contributed by atoms with Crippen LogP contribution in [-0.2, 0) is 0 Å². The topological polar surface area (TPSA) is 30.5 Å². The molecule has 1 aromatic carbocycles. The molecule has 0 bridgehead atoms. The third kappa shape index (κ3) is 4.22. The molecular weight excluding hydrogens is 320 g/mol. The predicted octanol–water partition coefficient (Wildman–Crippen LogP) is 5.18. The van der Waals surface area contributed by atoms with Crippen molar-refractivity contribution in [3.63, 3.8) is 0 Å². The minimum atomic E-state index is -2.88. The largest absolute Gasteiger partial charge is 0.497 e. The molecule has 3 nitrogen and oxygen atoms in total. The van der Waals surface area contributed by atoms with E-state index in [4.69, 9.17) is 16.3 Å².